The summed E-state index contributed by atoms with van der Waals surface area (Å²) in [4.78, 5) is 2.33. The van der Waals surface area contributed by atoms with Gasteiger partial charge >= 0.3 is 0 Å². The van der Waals surface area contributed by atoms with Crippen LogP contribution in [-0.2, 0) is 16.9 Å². The van der Waals surface area contributed by atoms with Crippen molar-refractivity contribution in [2.75, 3.05) is 20.7 Å². The molecule has 0 aromatic heterocycles. The molecule has 3 aromatic carbocycles. The molecule has 3 aromatic rings. The van der Waals surface area contributed by atoms with E-state index in [1.165, 1.54) is 27.5 Å². The molecular weight excluding hydrogens is 282 g/mol. The molecule has 0 amide bonds. The smallest absolute Gasteiger partial charge is 0.131 e. The lowest BCUT2D eigenvalue weighted by atomic mass is 9.79. The second-order valence-electron chi connectivity index (χ2n) is 6.42. The Morgan fingerprint density at radius 2 is 1.65 bits per heavy atom. The Morgan fingerprint density at radius 1 is 0.913 bits per heavy atom. The number of fused-ring (bicyclic) bond motifs is 2. The highest BCUT2D eigenvalue weighted by Crippen LogP contribution is 2.40. The summed E-state index contributed by atoms with van der Waals surface area (Å²) in [5.41, 5.74) is 3.44. The van der Waals surface area contributed by atoms with Crippen LogP contribution in [0, 0.1) is 0 Å². The summed E-state index contributed by atoms with van der Waals surface area (Å²) in [5, 5.41) is 2.52. The molecule has 0 saturated heterocycles. The number of rotatable bonds is 2. The Kier molecular flexibility index (Phi) is 3.44. The van der Waals surface area contributed by atoms with Gasteiger partial charge in [0.25, 0.3) is 0 Å². The van der Waals surface area contributed by atoms with Crippen molar-refractivity contribution in [2.45, 2.75) is 12.1 Å². The summed E-state index contributed by atoms with van der Waals surface area (Å²) >= 11 is 0. The van der Waals surface area contributed by atoms with Crippen molar-refractivity contribution < 1.29 is 4.74 Å². The quantitative estimate of drug-likeness (QED) is 0.704. The minimum Gasteiger partial charge on any atom is -0.367 e. The zero-order valence-corrected chi connectivity index (χ0v) is 13.6. The first-order valence-electron chi connectivity index (χ1n) is 8.04. The fraction of sp³-hybridized carbons (Fsp3) is 0.238. The van der Waals surface area contributed by atoms with Crippen LogP contribution in [0.5, 0.6) is 0 Å². The van der Waals surface area contributed by atoms with E-state index < -0.39 is 5.60 Å². The number of ether oxygens (including phenoxy) is 1. The third-order valence-corrected chi connectivity index (χ3v) is 4.95. The van der Waals surface area contributed by atoms with E-state index in [-0.39, 0.29) is 0 Å². The molecule has 1 heterocycles. The van der Waals surface area contributed by atoms with Gasteiger partial charge in [0.05, 0.1) is 0 Å². The van der Waals surface area contributed by atoms with Crippen molar-refractivity contribution in [1.82, 2.24) is 4.90 Å². The van der Waals surface area contributed by atoms with Gasteiger partial charge in [-0.25, -0.2) is 0 Å². The average molecular weight is 303 g/mol. The van der Waals surface area contributed by atoms with Gasteiger partial charge in [0.2, 0.25) is 0 Å². The van der Waals surface area contributed by atoms with E-state index in [1.54, 1.807) is 0 Å². The lowest BCUT2D eigenvalue weighted by molar-refractivity contribution is -0.0153. The molecule has 1 unspecified atom stereocenters. The van der Waals surface area contributed by atoms with E-state index in [2.05, 4.69) is 78.7 Å². The van der Waals surface area contributed by atoms with Crippen molar-refractivity contribution in [3.05, 3.63) is 83.4 Å². The van der Waals surface area contributed by atoms with E-state index in [0.29, 0.717) is 0 Å². The summed E-state index contributed by atoms with van der Waals surface area (Å²) in [6, 6.07) is 23.8. The van der Waals surface area contributed by atoms with E-state index in [1.807, 2.05) is 7.11 Å². The van der Waals surface area contributed by atoms with Crippen LogP contribution in [0.3, 0.4) is 0 Å². The summed E-state index contributed by atoms with van der Waals surface area (Å²) in [6.07, 6.45) is 0. The minimum atomic E-state index is -0.409. The van der Waals surface area contributed by atoms with Crippen LogP contribution in [0.2, 0.25) is 0 Å². The number of likely N-dealkylation sites (N-methyl/N-ethyl adjacent to an activating group) is 1. The van der Waals surface area contributed by atoms with Crippen molar-refractivity contribution in [1.29, 1.82) is 0 Å². The first kappa shape index (κ1) is 14.4. The molecule has 1 aliphatic heterocycles. The van der Waals surface area contributed by atoms with Crippen LogP contribution in [0.25, 0.3) is 10.8 Å². The molecule has 1 aliphatic rings. The van der Waals surface area contributed by atoms with E-state index in [4.69, 9.17) is 4.74 Å². The van der Waals surface area contributed by atoms with Gasteiger partial charge in [-0.3, -0.25) is 4.90 Å². The molecule has 0 bridgehead atoms. The van der Waals surface area contributed by atoms with Gasteiger partial charge in [-0.2, -0.15) is 0 Å². The number of nitrogens with zero attached hydrogens (tertiary/aromatic N) is 1. The Bertz CT molecular complexity index is 857. The van der Waals surface area contributed by atoms with Gasteiger partial charge in [0.15, 0.2) is 0 Å². The number of hydrogen-bond acceptors (Lipinski definition) is 2. The Balaban J connectivity index is 1.95. The first-order chi connectivity index (χ1) is 11.2. The van der Waals surface area contributed by atoms with E-state index in [0.717, 1.165) is 13.1 Å². The summed E-state index contributed by atoms with van der Waals surface area (Å²) in [7, 11) is 3.98. The molecule has 4 rings (SSSR count). The van der Waals surface area contributed by atoms with Crippen LogP contribution in [0.1, 0.15) is 16.7 Å². The van der Waals surface area contributed by atoms with Gasteiger partial charge in [-0.15, -0.1) is 0 Å². The fourth-order valence-electron chi connectivity index (χ4n) is 3.84. The second-order valence-corrected chi connectivity index (χ2v) is 6.42. The monoisotopic (exact) mass is 303 g/mol. The molecular formula is C21H21NO. The third-order valence-electron chi connectivity index (χ3n) is 4.95. The standard InChI is InChI=1S/C21H21NO/c1-22-14-18-9-5-6-10-20(18)21(15-22,23-2)19-12-11-16-7-3-4-8-17(16)13-19/h3-13H,14-15H2,1-2H3. The first-order valence-corrected chi connectivity index (χ1v) is 8.04. The predicted octanol–water partition coefficient (Wildman–Crippen LogP) is 4.18. The highest BCUT2D eigenvalue weighted by Gasteiger charge is 2.40. The largest absolute Gasteiger partial charge is 0.367 e. The zero-order valence-electron chi connectivity index (χ0n) is 13.6. The molecule has 0 fully saturated rings. The van der Waals surface area contributed by atoms with Crippen molar-refractivity contribution >= 4 is 10.8 Å². The molecule has 0 saturated carbocycles. The molecule has 23 heavy (non-hydrogen) atoms. The number of methoxy groups -OCH3 is 1. The summed E-state index contributed by atoms with van der Waals surface area (Å²) in [6.45, 7) is 1.83. The minimum absolute atomic E-state index is 0.409. The van der Waals surface area contributed by atoms with Crippen molar-refractivity contribution in [2.24, 2.45) is 0 Å². The van der Waals surface area contributed by atoms with Crippen LogP contribution < -0.4 is 0 Å². The molecule has 0 N–H and O–H groups in total. The van der Waals surface area contributed by atoms with Gasteiger partial charge in [0.1, 0.15) is 5.60 Å². The van der Waals surface area contributed by atoms with Gasteiger partial charge in [-0.1, -0.05) is 60.7 Å². The highest BCUT2D eigenvalue weighted by atomic mass is 16.5. The van der Waals surface area contributed by atoms with Gasteiger partial charge < -0.3 is 4.74 Å². The van der Waals surface area contributed by atoms with E-state index >= 15 is 0 Å². The average Bonchev–Trinajstić information content (AvgIpc) is 2.60. The fourth-order valence-corrected chi connectivity index (χ4v) is 3.84. The third kappa shape index (κ3) is 2.26. The lowest BCUT2D eigenvalue weighted by Crippen LogP contribution is -2.46. The summed E-state index contributed by atoms with van der Waals surface area (Å²) in [5.74, 6) is 0. The number of hydrogen-bond donors (Lipinski definition) is 0. The maximum Gasteiger partial charge on any atom is 0.131 e. The van der Waals surface area contributed by atoms with Crippen molar-refractivity contribution in [3.8, 4) is 0 Å². The Labute approximate surface area is 137 Å². The normalized spacial score (nSPS) is 21.3. The zero-order chi connectivity index (χ0) is 15.9. The topological polar surface area (TPSA) is 12.5 Å². The SMILES string of the molecule is COC1(c2ccc3ccccc3c2)CN(C)Cc2ccccc21. The van der Waals surface area contributed by atoms with E-state index in [9.17, 15) is 0 Å². The van der Waals surface area contributed by atoms with Crippen LogP contribution in [-0.4, -0.2) is 25.6 Å². The molecule has 1 atom stereocenters. The molecule has 0 aliphatic carbocycles. The maximum absolute atomic E-state index is 6.17. The van der Waals surface area contributed by atoms with Crippen LogP contribution in [0.4, 0.5) is 0 Å². The van der Waals surface area contributed by atoms with Crippen molar-refractivity contribution in [3.63, 3.8) is 0 Å². The van der Waals surface area contributed by atoms with Crippen LogP contribution in [0.15, 0.2) is 66.7 Å². The molecule has 2 heteroatoms. The molecule has 116 valence electrons. The predicted molar refractivity (Wildman–Crippen MR) is 94.5 cm³/mol. The highest BCUT2D eigenvalue weighted by molar-refractivity contribution is 5.83. The van der Waals surface area contributed by atoms with Gasteiger partial charge in [-0.05, 0) is 40.6 Å². The molecule has 0 spiro atoms. The lowest BCUT2D eigenvalue weighted by Gasteiger charge is -2.42. The van der Waals surface area contributed by atoms with Crippen LogP contribution >= 0.6 is 0 Å². The Morgan fingerprint density at radius 3 is 2.48 bits per heavy atom. The summed E-state index contributed by atoms with van der Waals surface area (Å²) < 4.78 is 6.17. The molecule has 0 radical (unpaired) electrons. The number of benzene rings is 3. The maximum atomic E-state index is 6.17. The second kappa shape index (κ2) is 5.48. The Hall–Kier alpha value is -2.16. The van der Waals surface area contributed by atoms with Gasteiger partial charge in [0, 0.05) is 20.2 Å². The molecule has 2 nitrogen and oxygen atoms in total.